The van der Waals surface area contributed by atoms with Crippen LogP contribution in [-0.4, -0.2) is 67.4 Å². The van der Waals surface area contributed by atoms with E-state index in [2.05, 4.69) is 0 Å². The first-order valence-corrected chi connectivity index (χ1v) is 5.94. The minimum absolute atomic E-state index is 0.619. The molecule has 1 unspecified atom stereocenters. The summed E-state index contributed by atoms with van der Waals surface area (Å²) in [5.41, 5.74) is 0. The molecule has 1 fully saturated rings. The second-order valence-corrected chi connectivity index (χ2v) is 5.92. The van der Waals surface area contributed by atoms with Crippen LogP contribution in [0.2, 0.25) is 0 Å². The molecule has 5 atom stereocenters. The van der Waals surface area contributed by atoms with E-state index in [-0.39, 0.29) is 0 Å². The molecule has 106 valence electrons. The Morgan fingerprint density at radius 1 is 1.17 bits per heavy atom. The quantitative estimate of drug-likeness (QED) is 0.256. The van der Waals surface area contributed by atoms with Crippen LogP contribution >= 0.6 is 34.8 Å². The van der Waals surface area contributed by atoms with Crippen LogP contribution in [0, 0.1) is 5.41 Å². The lowest BCUT2D eigenvalue weighted by Crippen LogP contribution is -2.59. The first-order valence-electron chi connectivity index (χ1n) is 4.81. The molecule has 1 saturated heterocycles. The van der Waals surface area contributed by atoms with Crippen LogP contribution in [0.5, 0.6) is 0 Å². The van der Waals surface area contributed by atoms with Crippen molar-refractivity contribution in [1.29, 1.82) is 5.41 Å². The van der Waals surface area contributed by atoms with Crippen LogP contribution in [-0.2, 0) is 9.47 Å². The Morgan fingerprint density at radius 2 is 1.72 bits per heavy atom. The van der Waals surface area contributed by atoms with Crippen LogP contribution in [0.3, 0.4) is 0 Å². The fourth-order valence-corrected chi connectivity index (χ4v) is 1.48. The van der Waals surface area contributed by atoms with Gasteiger partial charge in [0.15, 0.2) is 0 Å². The normalized spacial score (nSPS) is 37.4. The second-order valence-electron chi connectivity index (χ2n) is 3.64. The van der Waals surface area contributed by atoms with Gasteiger partial charge in [-0.1, -0.05) is 34.8 Å². The number of alkyl halides is 3. The topological polar surface area (TPSA) is 123 Å². The molecule has 18 heavy (non-hydrogen) atoms. The molecule has 1 rings (SSSR count). The van der Waals surface area contributed by atoms with Crippen molar-refractivity contribution in [2.24, 2.45) is 0 Å². The lowest BCUT2D eigenvalue weighted by atomic mass is 9.99. The maximum absolute atomic E-state index is 9.57. The average molecular weight is 325 g/mol. The van der Waals surface area contributed by atoms with E-state index in [1.54, 1.807) is 0 Å². The van der Waals surface area contributed by atoms with Crippen molar-refractivity contribution in [3.63, 3.8) is 0 Å². The molecule has 1 heterocycles. The zero-order chi connectivity index (χ0) is 14.1. The van der Waals surface area contributed by atoms with E-state index in [4.69, 9.17) is 54.8 Å². The molecule has 0 radical (unpaired) electrons. The molecule has 1 aliphatic heterocycles. The number of rotatable bonds is 2. The Hall–Kier alpha value is 0.140. The first-order chi connectivity index (χ1) is 8.18. The summed E-state index contributed by atoms with van der Waals surface area (Å²) < 4.78 is 7.55. The largest absolute Gasteiger partial charge is 0.445 e. The fraction of sp³-hybridized carbons (Fsp3) is 0.875. The van der Waals surface area contributed by atoms with Gasteiger partial charge in [0.05, 0.1) is 6.61 Å². The molecule has 0 aliphatic carbocycles. The maximum Gasteiger partial charge on any atom is 0.265 e. The molecule has 7 nitrogen and oxygen atoms in total. The SMILES string of the molecule is N=C(OC1O[C@H](CO)[C@H](O)[C@H](O)[C@H]1O)C(Cl)(Cl)Cl. The smallest absolute Gasteiger partial charge is 0.265 e. The van der Waals surface area contributed by atoms with Crippen molar-refractivity contribution in [1.82, 2.24) is 0 Å². The van der Waals surface area contributed by atoms with Crippen LogP contribution < -0.4 is 0 Å². The maximum atomic E-state index is 9.57. The lowest BCUT2D eigenvalue weighted by Gasteiger charge is -2.39. The molecule has 10 heteroatoms. The molecule has 0 saturated carbocycles. The van der Waals surface area contributed by atoms with E-state index in [1.165, 1.54) is 0 Å². The van der Waals surface area contributed by atoms with E-state index in [9.17, 15) is 15.3 Å². The summed E-state index contributed by atoms with van der Waals surface area (Å²) in [5, 5.41) is 44.7. The van der Waals surface area contributed by atoms with Crippen LogP contribution in [0.25, 0.3) is 0 Å². The molecule has 0 aromatic heterocycles. The summed E-state index contributed by atoms with van der Waals surface area (Å²) in [6.45, 7) is -0.619. The van der Waals surface area contributed by atoms with Gasteiger partial charge in [0, 0.05) is 0 Å². The Labute approximate surface area is 117 Å². The van der Waals surface area contributed by atoms with Crippen LogP contribution in [0.4, 0.5) is 0 Å². The number of aliphatic hydroxyl groups excluding tert-OH is 4. The third-order valence-electron chi connectivity index (χ3n) is 2.34. The third kappa shape index (κ3) is 3.58. The van der Waals surface area contributed by atoms with Gasteiger partial charge in [0.25, 0.3) is 3.79 Å². The zero-order valence-corrected chi connectivity index (χ0v) is 11.1. The highest BCUT2D eigenvalue weighted by molar-refractivity contribution is 6.76. The van der Waals surface area contributed by atoms with Gasteiger partial charge in [-0.15, -0.1) is 0 Å². The number of hydrogen-bond acceptors (Lipinski definition) is 7. The van der Waals surface area contributed by atoms with Crippen molar-refractivity contribution in [2.45, 2.75) is 34.5 Å². The Kier molecular flexibility index (Phi) is 5.45. The summed E-state index contributed by atoms with van der Waals surface area (Å²) in [7, 11) is 0. The van der Waals surface area contributed by atoms with Crippen molar-refractivity contribution < 1.29 is 29.9 Å². The van der Waals surface area contributed by atoms with Crippen LogP contribution in [0.15, 0.2) is 0 Å². The number of aliphatic hydroxyl groups is 4. The number of hydrogen-bond donors (Lipinski definition) is 5. The highest BCUT2D eigenvalue weighted by Gasteiger charge is 2.46. The van der Waals surface area contributed by atoms with Gasteiger partial charge < -0.3 is 29.9 Å². The van der Waals surface area contributed by atoms with E-state index >= 15 is 0 Å². The first kappa shape index (κ1) is 16.2. The minimum Gasteiger partial charge on any atom is -0.445 e. The van der Waals surface area contributed by atoms with Gasteiger partial charge in [-0.3, -0.25) is 5.41 Å². The minimum atomic E-state index is -2.15. The average Bonchev–Trinajstić information content (AvgIpc) is 2.28. The van der Waals surface area contributed by atoms with Gasteiger partial charge in [0.1, 0.15) is 24.4 Å². The van der Waals surface area contributed by atoms with Crippen LogP contribution in [0.1, 0.15) is 0 Å². The van der Waals surface area contributed by atoms with E-state index in [0.717, 1.165) is 0 Å². The Bertz CT molecular complexity index is 310. The van der Waals surface area contributed by atoms with Crippen molar-refractivity contribution in [3.05, 3.63) is 0 Å². The summed E-state index contributed by atoms with van der Waals surface area (Å²) in [5.74, 6) is -0.822. The zero-order valence-electron chi connectivity index (χ0n) is 8.83. The van der Waals surface area contributed by atoms with Gasteiger partial charge in [-0.05, 0) is 0 Å². The number of ether oxygens (including phenoxy) is 2. The van der Waals surface area contributed by atoms with E-state index in [0.29, 0.717) is 0 Å². The van der Waals surface area contributed by atoms with Gasteiger partial charge in [-0.2, -0.15) is 0 Å². The van der Waals surface area contributed by atoms with Gasteiger partial charge >= 0.3 is 0 Å². The predicted molar refractivity (Wildman–Crippen MR) is 62.9 cm³/mol. The van der Waals surface area contributed by atoms with Crippen molar-refractivity contribution in [3.8, 4) is 0 Å². The molecule has 1 aliphatic rings. The molecule has 0 aromatic rings. The lowest BCUT2D eigenvalue weighted by molar-refractivity contribution is -0.281. The summed E-state index contributed by atoms with van der Waals surface area (Å²) >= 11 is 16.1. The third-order valence-corrected chi connectivity index (χ3v) is 2.85. The summed E-state index contributed by atoms with van der Waals surface area (Å²) in [4.78, 5) is 0. The standard InChI is InChI=1S/C8H12Cl3NO6/c9-8(10,11)7(12)18-6-5(16)4(15)3(14)2(1-13)17-6/h2-6,12-16H,1H2/t2-,3+,4+,5-,6?/m1/s1. The number of halogens is 3. The van der Waals surface area contributed by atoms with Crippen molar-refractivity contribution in [2.75, 3.05) is 6.61 Å². The fourth-order valence-electron chi connectivity index (χ4n) is 1.35. The summed E-state index contributed by atoms with van der Waals surface area (Å²) in [6, 6.07) is 0. The molecule has 0 aromatic carbocycles. The molecule has 5 N–H and O–H groups in total. The number of nitrogens with one attached hydrogen (secondary N) is 1. The molecular formula is C8H12Cl3NO6. The molecule has 0 spiro atoms. The molecular weight excluding hydrogens is 312 g/mol. The van der Waals surface area contributed by atoms with E-state index < -0.39 is 47.0 Å². The highest BCUT2D eigenvalue weighted by Crippen LogP contribution is 2.30. The molecule has 0 bridgehead atoms. The monoisotopic (exact) mass is 323 g/mol. The van der Waals surface area contributed by atoms with Gasteiger partial charge in [-0.25, -0.2) is 0 Å². The Balaban J connectivity index is 2.74. The Morgan fingerprint density at radius 3 is 2.17 bits per heavy atom. The second kappa shape index (κ2) is 6.06. The summed E-state index contributed by atoms with van der Waals surface area (Å²) in [6.07, 6.45) is -7.49. The predicted octanol–water partition coefficient (Wildman–Crippen LogP) is -0.850. The molecule has 0 amide bonds. The van der Waals surface area contributed by atoms with E-state index in [1.807, 2.05) is 0 Å². The van der Waals surface area contributed by atoms with Gasteiger partial charge in [0.2, 0.25) is 12.2 Å². The highest BCUT2D eigenvalue weighted by atomic mass is 35.6. The van der Waals surface area contributed by atoms with Crippen molar-refractivity contribution >= 4 is 40.7 Å².